The smallest absolute Gasteiger partial charge is 0.302 e. The Kier molecular flexibility index (Phi) is 5.53. The van der Waals surface area contributed by atoms with Crippen LogP contribution in [0.5, 0.6) is 6.01 Å². The number of nitrogens with zero attached hydrogens (tertiary/aromatic N) is 2. The lowest BCUT2D eigenvalue weighted by Gasteiger charge is -2.21. The Bertz CT molecular complexity index is 1980. The van der Waals surface area contributed by atoms with Crippen molar-refractivity contribution in [3.05, 3.63) is 151 Å². The molecule has 0 amide bonds. The molecular formula is C38H26N2O. The van der Waals surface area contributed by atoms with Crippen molar-refractivity contribution >= 4 is 11.0 Å². The van der Waals surface area contributed by atoms with Crippen molar-refractivity contribution < 1.29 is 4.74 Å². The zero-order valence-corrected chi connectivity index (χ0v) is 22.4. The lowest BCUT2D eigenvalue weighted by atomic mass is 9.86. The van der Waals surface area contributed by atoms with E-state index in [2.05, 4.69) is 132 Å². The Balaban J connectivity index is 1.30. The molecule has 1 aliphatic rings. The highest BCUT2D eigenvalue weighted by atomic mass is 16.5. The second-order valence-electron chi connectivity index (χ2n) is 10.4. The summed E-state index contributed by atoms with van der Waals surface area (Å²) in [6.45, 7) is 0.518. The Morgan fingerprint density at radius 3 is 1.88 bits per heavy atom. The van der Waals surface area contributed by atoms with E-state index in [4.69, 9.17) is 9.72 Å². The van der Waals surface area contributed by atoms with Crippen molar-refractivity contribution in [3.63, 3.8) is 0 Å². The molecule has 0 aliphatic carbocycles. The molecule has 0 N–H and O–H groups in total. The molecule has 0 spiro atoms. The fourth-order valence-corrected chi connectivity index (χ4v) is 5.98. The zero-order chi connectivity index (χ0) is 27.2. The van der Waals surface area contributed by atoms with Crippen LogP contribution in [0, 0.1) is 0 Å². The van der Waals surface area contributed by atoms with Crippen LogP contribution < -0.4 is 4.74 Å². The molecule has 0 bridgehead atoms. The predicted molar refractivity (Wildman–Crippen MR) is 167 cm³/mol. The normalized spacial score (nSPS) is 12.0. The number of hydrogen-bond acceptors (Lipinski definition) is 2. The van der Waals surface area contributed by atoms with Crippen LogP contribution in [0.25, 0.3) is 61.2 Å². The van der Waals surface area contributed by atoms with Crippen molar-refractivity contribution in [1.29, 1.82) is 0 Å². The van der Waals surface area contributed by atoms with E-state index in [1.54, 1.807) is 0 Å². The van der Waals surface area contributed by atoms with Gasteiger partial charge in [0.05, 0.1) is 16.7 Å². The van der Waals surface area contributed by atoms with Gasteiger partial charge in [0.15, 0.2) is 0 Å². The molecule has 8 rings (SSSR count). The highest BCUT2D eigenvalue weighted by molar-refractivity contribution is 5.95. The van der Waals surface area contributed by atoms with Gasteiger partial charge in [-0.05, 0) is 68.8 Å². The maximum absolute atomic E-state index is 6.02. The highest BCUT2D eigenvalue weighted by Gasteiger charge is 2.22. The summed E-state index contributed by atoms with van der Waals surface area (Å²) in [6, 6.07) is 52.4. The van der Waals surface area contributed by atoms with Crippen molar-refractivity contribution in [2.75, 3.05) is 0 Å². The van der Waals surface area contributed by atoms with Gasteiger partial charge in [-0.25, -0.2) is 0 Å². The molecule has 1 aliphatic heterocycles. The second-order valence-corrected chi connectivity index (χ2v) is 10.4. The number of para-hydroxylation sites is 2. The molecule has 6 aromatic carbocycles. The fourth-order valence-electron chi connectivity index (χ4n) is 5.98. The topological polar surface area (TPSA) is 27.1 Å². The number of benzene rings is 6. The minimum Gasteiger partial charge on any atom is -0.459 e. The summed E-state index contributed by atoms with van der Waals surface area (Å²) in [7, 11) is 0. The maximum atomic E-state index is 6.02. The molecule has 0 saturated carbocycles. The van der Waals surface area contributed by atoms with Crippen molar-refractivity contribution in [2.45, 2.75) is 6.61 Å². The second kappa shape index (κ2) is 9.65. The third-order valence-electron chi connectivity index (χ3n) is 7.93. The quantitative estimate of drug-likeness (QED) is 0.228. The summed E-state index contributed by atoms with van der Waals surface area (Å²) in [5.74, 6) is 0. The van der Waals surface area contributed by atoms with Crippen LogP contribution >= 0.6 is 0 Å². The number of imidazole rings is 1. The van der Waals surface area contributed by atoms with Gasteiger partial charge < -0.3 is 4.74 Å². The largest absolute Gasteiger partial charge is 0.459 e. The first kappa shape index (κ1) is 23.5. The van der Waals surface area contributed by atoms with Crippen LogP contribution in [-0.2, 0) is 6.61 Å². The van der Waals surface area contributed by atoms with Crippen LogP contribution in [0.2, 0.25) is 0 Å². The number of hydrogen-bond donors (Lipinski definition) is 0. The molecule has 3 heteroatoms. The third kappa shape index (κ3) is 4.02. The molecule has 7 aromatic rings. The highest BCUT2D eigenvalue weighted by Crippen LogP contribution is 2.42. The van der Waals surface area contributed by atoms with E-state index in [0.717, 1.165) is 27.8 Å². The van der Waals surface area contributed by atoms with Crippen LogP contribution in [0.1, 0.15) is 5.56 Å². The van der Waals surface area contributed by atoms with E-state index in [1.165, 1.54) is 38.9 Å². The van der Waals surface area contributed by atoms with E-state index in [0.29, 0.717) is 12.6 Å². The summed E-state index contributed by atoms with van der Waals surface area (Å²) < 4.78 is 8.16. The molecule has 1 aromatic heterocycles. The molecule has 0 unspecified atom stereocenters. The van der Waals surface area contributed by atoms with Gasteiger partial charge in [0, 0.05) is 5.56 Å². The van der Waals surface area contributed by atoms with Crippen molar-refractivity contribution in [3.8, 4) is 56.2 Å². The molecule has 2 heterocycles. The van der Waals surface area contributed by atoms with Crippen LogP contribution in [0.3, 0.4) is 0 Å². The number of aromatic nitrogens is 2. The maximum Gasteiger partial charge on any atom is 0.302 e. The average molecular weight is 527 g/mol. The summed E-state index contributed by atoms with van der Waals surface area (Å²) in [5, 5.41) is 0. The van der Waals surface area contributed by atoms with Gasteiger partial charge in [-0.15, -0.1) is 0 Å². The Labute approximate surface area is 239 Å². The molecule has 194 valence electrons. The lowest BCUT2D eigenvalue weighted by Crippen LogP contribution is -2.12. The summed E-state index contributed by atoms with van der Waals surface area (Å²) in [4.78, 5) is 4.73. The van der Waals surface area contributed by atoms with Gasteiger partial charge in [-0.2, -0.15) is 4.98 Å². The van der Waals surface area contributed by atoms with Crippen molar-refractivity contribution in [2.24, 2.45) is 0 Å². The molecule has 0 atom stereocenters. The standard InChI is InChI=1S/C38H26N2O/c1-3-11-26(12-4-1)32-17-10-18-33(27-13-5-2-6-14-27)37(32)30-16-9-15-28(23-30)29-21-22-31-25-41-38-39-34-19-7-8-20-35(34)40(38)36(31)24-29/h1-24H,25H2. The van der Waals surface area contributed by atoms with Gasteiger partial charge in [0.25, 0.3) is 0 Å². The van der Waals surface area contributed by atoms with E-state index in [1.807, 2.05) is 18.2 Å². The number of ether oxygens (including phenoxy) is 1. The average Bonchev–Trinajstić information content (AvgIpc) is 3.44. The molecule has 0 saturated heterocycles. The Morgan fingerprint density at radius 1 is 0.512 bits per heavy atom. The van der Waals surface area contributed by atoms with Gasteiger partial charge in [-0.1, -0.05) is 121 Å². The molecule has 0 radical (unpaired) electrons. The van der Waals surface area contributed by atoms with E-state index < -0.39 is 0 Å². The summed E-state index contributed by atoms with van der Waals surface area (Å²) in [5.41, 5.74) is 13.9. The Hall–Kier alpha value is -5.41. The van der Waals surface area contributed by atoms with E-state index >= 15 is 0 Å². The summed E-state index contributed by atoms with van der Waals surface area (Å²) >= 11 is 0. The van der Waals surface area contributed by atoms with Gasteiger partial charge >= 0.3 is 6.01 Å². The zero-order valence-electron chi connectivity index (χ0n) is 22.4. The minimum atomic E-state index is 0.518. The van der Waals surface area contributed by atoms with E-state index in [9.17, 15) is 0 Å². The Morgan fingerprint density at radius 2 is 1.12 bits per heavy atom. The molecule has 41 heavy (non-hydrogen) atoms. The van der Waals surface area contributed by atoms with E-state index in [-0.39, 0.29) is 0 Å². The monoisotopic (exact) mass is 526 g/mol. The fraction of sp³-hybridized carbons (Fsp3) is 0.0263. The first-order chi connectivity index (χ1) is 20.3. The number of rotatable bonds is 4. The first-order valence-corrected chi connectivity index (χ1v) is 13.9. The van der Waals surface area contributed by atoms with Crippen LogP contribution in [0.4, 0.5) is 0 Å². The van der Waals surface area contributed by atoms with Gasteiger partial charge in [0.1, 0.15) is 6.61 Å². The predicted octanol–water partition coefficient (Wildman–Crippen LogP) is 9.59. The SMILES string of the molecule is c1ccc(-c2cccc(-c3ccccc3)c2-c2cccc(-c3ccc4c(c3)-n3c(nc5ccccc53)OC4)c2)cc1. The minimum absolute atomic E-state index is 0.518. The number of fused-ring (bicyclic) bond motifs is 5. The van der Waals surface area contributed by atoms with Gasteiger partial charge in [-0.3, -0.25) is 4.57 Å². The third-order valence-corrected chi connectivity index (χ3v) is 7.93. The van der Waals surface area contributed by atoms with Crippen LogP contribution in [-0.4, -0.2) is 9.55 Å². The first-order valence-electron chi connectivity index (χ1n) is 13.9. The van der Waals surface area contributed by atoms with Crippen molar-refractivity contribution in [1.82, 2.24) is 9.55 Å². The molecule has 3 nitrogen and oxygen atoms in total. The summed E-state index contributed by atoms with van der Waals surface area (Å²) in [6.07, 6.45) is 0. The molecular weight excluding hydrogens is 500 g/mol. The molecule has 0 fully saturated rings. The van der Waals surface area contributed by atoms with Gasteiger partial charge in [0.2, 0.25) is 0 Å². The van der Waals surface area contributed by atoms with Crippen LogP contribution in [0.15, 0.2) is 146 Å². The lowest BCUT2D eigenvalue weighted by molar-refractivity contribution is 0.266.